The van der Waals surface area contributed by atoms with Crippen LogP contribution in [-0.4, -0.2) is 11.1 Å². The van der Waals surface area contributed by atoms with Gasteiger partial charge in [-0.1, -0.05) is 12.1 Å². The zero-order chi connectivity index (χ0) is 14.2. The van der Waals surface area contributed by atoms with Gasteiger partial charge < -0.3 is 5.11 Å². The van der Waals surface area contributed by atoms with E-state index in [1.54, 1.807) is 19.1 Å². The first-order valence-electron chi connectivity index (χ1n) is 5.70. The van der Waals surface area contributed by atoms with Crippen LogP contribution in [0.3, 0.4) is 0 Å². The summed E-state index contributed by atoms with van der Waals surface area (Å²) >= 11 is 0. The second kappa shape index (κ2) is 4.80. The van der Waals surface area contributed by atoms with Crippen molar-refractivity contribution >= 4 is 5.97 Å². The van der Waals surface area contributed by atoms with Crippen LogP contribution in [0.2, 0.25) is 0 Å². The molecule has 2 rings (SSSR count). The first-order valence-corrected chi connectivity index (χ1v) is 5.70. The van der Waals surface area contributed by atoms with E-state index in [2.05, 4.69) is 0 Å². The summed E-state index contributed by atoms with van der Waals surface area (Å²) in [5.41, 5.74) is 1.55. The summed E-state index contributed by atoms with van der Waals surface area (Å²) in [7, 11) is 0. The molecule has 0 aromatic heterocycles. The average molecular weight is 262 g/mol. The fourth-order valence-corrected chi connectivity index (χ4v) is 2.02. The van der Waals surface area contributed by atoms with Gasteiger partial charge in [0.05, 0.1) is 5.56 Å². The monoisotopic (exact) mass is 262 g/mol. The number of carboxylic acid groups (broad SMARTS) is 1. The minimum atomic E-state index is -1.07. The Balaban J connectivity index is 2.69. The van der Waals surface area contributed by atoms with E-state index in [4.69, 9.17) is 5.11 Å². The Hall–Kier alpha value is -2.23. The fraction of sp³-hybridized carbons (Fsp3) is 0.133. The molecule has 2 aromatic carbocycles. The number of benzene rings is 2. The number of aromatic carboxylic acids is 1. The summed E-state index contributed by atoms with van der Waals surface area (Å²) < 4.78 is 27.1. The molecule has 0 heterocycles. The van der Waals surface area contributed by atoms with Crippen molar-refractivity contribution < 1.29 is 18.7 Å². The van der Waals surface area contributed by atoms with E-state index in [0.717, 1.165) is 6.07 Å². The van der Waals surface area contributed by atoms with E-state index in [9.17, 15) is 13.6 Å². The third-order valence-corrected chi connectivity index (χ3v) is 3.10. The number of hydrogen-bond acceptors (Lipinski definition) is 1. The van der Waals surface area contributed by atoms with Gasteiger partial charge in [-0.05, 0) is 42.7 Å². The van der Waals surface area contributed by atoms with Crippen molar-refractivity contribution in [1.29, 1.82) is 0 Å². The van der Waals surface area contributed by atoms with Crippen LogP contribution in [0.15, 0.2) is 30.3 Å². The van der Waals surface area contributed by atoms with Gasteiger partial charge in [-0.3, -0.25) is 0 Å². The molecule has 0 fully saturated rings. The minimum absolute atomic E-state index is 0.110. The van der Waals surface area contributed by atoms with Crippen molar-refractivity contribution in [2.45, 2.75) is 13.8 Å². The van der Waals surface area contributed by atoms with Gasteiger partial charge in [-0.2, -0.15) is 0 Å². The van der Waals surface area contributed by atoms with E-state index < -0.39 is 17.6 Å². The fourth-order valence-electron chi connectivity index (χ4n) is 2.02. The van der Waals surface area contributed by atoms with Gasteiger partial charge in [-0.25, -0.2) is 13.6 Å². The third-order valence-electron chi connectivity index (χ3n) is 3.10. The van der Waals surface area contributed by atoms with E-state index in [1.165, 1.54) is 19.1 Å². The summed E-state index contributed by atoms with van der Waals surface area (Å²) in [6.07, 6.45) is 0. The molecule has 19 heavy (non-hydrogen) atoms. The standard InChI is InChI=1S/C15H12F2O2/c1-8-6-12(14(17)7-13(8)16)10-4-3-5-11(9(10)2)15(18)19/h3-7H,1-2H3,(H,18,19). The van der Waals surface area contributed by atoms with Gasteiger partial charge in [0, 0.05) is 11.6 Å². The summed E-state index contributed by atoms with van der Waals surface area (Å²) in [6, 6.07) is 6.83. The number of halogens is 2. The Morgan fingerprint density at radius 2 is 1.74 bits per heavy atom. The molecule has 98 valence electrons. The Labute approximate surface area is 109 Å². The highest BCUT2D eigenvalue weighted by molar-refractivity contribution is 5.92. The number of aryl methyl sites for hydroxylation is 1. The van der Waals surface area contributed by atoms with Gasteiger partial charge in [0.15, 0.2) is 0 Å². The molecule has 2 aromatic rings. The maximum absolute atomic E-state index is 13.8. The molecular formula is C15H12F2O2. The van der Waals surface area contributed by atoms with Crippen molar-refractivity contribution in [2.24, 2.45) is 0 Å². The normalized spacial score (nSPS) is 10.5. The second-order valence-corrected chi connectivity index (χ2v) is 4.36. The lowest BCUT2D eigenvalue weighted by molar-refractivity contribution is 0.0696. The van der Waals surface area contributed by atoms with Crippen LogP contribution < -0.4 is 0 Å². The molecule has 0 bridgehead atoms. The second-order valence-electron chi connectivity index (χ2n) is 4.36. The topological polar surface area (TPSA) is 37.3 Å². The lowest BCUT2D eigenvalue weighted by Crippen LogP contribution is -2.01. The Morgan fingerprint density at radius 1 is 1.05 bits per heavy atom. The predicted octanol–water partition coefficient (Wildman–Crippen LogP) is 3.95. The molecule has 0 radical (unpaired) electrons. The van der Waals surface area contributed by atoms with Crippen LogP contribution in [0.5, 0.6) is 0 Å². The third kappa shape index (κ3) is 2.34. The molecule has 0 aliphatic carbocycles. The highest BCUT2D eigenvalue weighted by atomic mass is 19.1. The van der Waals surface area contributed by atoms with E-state index in [1.807, 2.05) is 0 Å². The molecule has 2 nitrogen and oxygen atoms in total. The predicted molar refractivity (Wildman–Crippen MR) is 68.2 cm³/mol. The number of rotatable bonds is 2. The summed E-state index contributed by atoms with van der Waals surface area (Å²) in [6.45, 7) is 3.14. The highest BCUT2D eigenvalue weighted by Crippen LogP contribution is 2.29. The number of carbonyl (C=O) groups is 1. The Morgan fingerprint density at radius 3 is 2.37 bits per heavy atom. The molecule has 0 atom stereocenters. The molecule has 0 unspecified atom stereocenters. The lowest BCUT2D eigenvalue weighted by Gasteiger charge is -2.11. The molecule has 1 N–H and O–H groups in total. The quantitative estimate of drug-likeness (QED) is 0.889. The molecule has 4 heteroatoms. The summed E-state index contributed by atoms with van der Waals surface area (Å²) in [4.78, 5) is 11.1. The maximum atomic E-state index is 13.8. The van der Waals surface area contributed by atoms with Crippen LogP contribution in [0.4, 0.5) is 8.78 Å². The van der Waals surface area contributed by atoms with Crippen LogP contribution >= 0.6 is 0 Å². The van der Waals surface area contributed by atoms with Gasteiger partial charge >= 0.3 is 5.97 Å². The molecule has 0 aliphatic rings. The van der Waals surface area contributed by atoms with Crippen LogP contribution in [0, 0.1) is 25.5 Å². The smallest absolute Gasteiger partial charge is 0.335 e. The van der Waals surface area contributed by atoms with Gasteiger partial charge in [0.2, 0.25) is 0 Å². The van der Waals surface area contributed by atoms with E-state index in [0.29, 0.717) is 16.7 Å². The molecule has 0 saturated carbocycles. The van der Waals surface area contributed by atoms with Gasteiger partial charge in [0.25, 0.3) is 0 Å². The molecule has 0 aliphatic heterocycles. The van der Waals surface area contributed by atoms with Crippen LogP contribution in [0.1, 0.15) is 21.5 Å². The average Bonchev–Trinajstić information content (AvgIpc) is 2.34. The van der Waals surface area contributed by atoms with Crippen molar-refractivity contribution in [2.75, 3.05) is 0 Å². The van der Waals surface area contributed by atoms with Gasteiger partial charge in [0.1, 0.15) is 11.6 Å². The Kier molecular flexibility index (Phi) is 3.34. The van der Waals surface area contributed by atoms with Crippen molar-refractivity contribution in [1.82, 2.24) is 0 Å². The first-order chi connectivity index (χ1) is 8.91. The zero-order valence-electron chi connectivity index (χ0n) is 10.5. The minimum Gasteiger partial charge on any atom is -0.478 e. The summed E-state index contributed by atoms with van der Waals surface area (Å²) in [5, 5.41) is 9.05. The van der Waals surface area contributed by atoms with E-state index >= 15 is 0 Å². The lowest BCUT2D eigenvalue weighted by atomic mass is 9.95. The van der Waals surface area contributed by atoms with Gasteiger partial charge in [-0.15, -0.1) is 0 Å². The van der Waals surface area contributed by atoms with Crippen LogP contribution in [-0.2, 0) is 0 Å². The first kappa shape index (κ1) is 13.2. The molecule has 0 amide bonds. The van der Waals surface area contributed by atoms with Crippen molar-refractivity contribution in [3.63, 3.8) is 0 Å². The van der Waals surface area contributed by atoms with Crippen LogP contribution in [0.25, 0.3) is 11.1 Å². The molecular weight excluding hydrogens is 250 g/mol. The largest absolute Gasteiger partial charge is 0.478 e. The number of hydrogen-bond donors (Lipinski definition) is 1. The highest BCUT2D eigenvalue weighted by Gasteiger charge is 2.15. The van der Waals surface area contributed by atoms with E-state index in [-0.39, 0.29) is 11.1 Å². The maximum Gasteiger partial charge on any atom is 0.335 e. The molecule has 0 spiro atoms. The summed E-state index contributed by atoms with van der Waals surface area (Å²) in [5.74, 6) is -2.39. The molecule has 0 saturated heterocycles. The Bertz CT molecular complexity index is 663. The zero-order valence-corrected chi connectivity index (χ0v) is 10.5. The van der Waals surface area contributed by atoms with Crippen molar-refractivity contribution in [3.8, 4) is 11.1 Å². The SMILES string of the molecule is Cc1cc(-c2cccc(C(=O)O)c2C)c(F)cc1F. The van der Waals surface area contributed by atoms with Crippen molar-refractivity contribution in [3.05, 3.63) is 58.7 Å². The number of carboxylic acids is 1.